The zero-order valence-corrected chi connectivity index (χ0v) is 13.9. The molecule has 26 heavy (non-hydrogen) atoms. The lowest BCUT2D eigenvalue weighted by atomic mass is 10.1. The van der Waals surface area contributed by atoms with E-state index in [4.69, 9.17) is 0 Å². The third-order valence-electron chi connectivity index (χ3n) is 3.67. The van der Waals surface area contributed by atoms with Gasteiger partial charge in [-0.15, -0.1) is 0 Å². The summed E-state index contributed by atoms with van der Waals surface area (Å²) in [6.45, 7) is 0. The number of aromatic amines is 1. The minimum Gasteiger partial charge on any atom is -0.465 e. The first-order valence-electron chi connectivity index (χ1n) is 7.73. The Morgan fingerprint density at radius 3 is 2.38 bits per heavy atom. The van der Waals surface area contributed by atoms with Gasteiger partial charge in [-0.1, -0.05) is 42.5 Å². The Kier molecular flexibility index (Phi) is 4.89. The molecule has 0 fully saturated rings. The van der Waals surface area contributed by atoms with Crippen LogP contribution >= 0.6 is 0 Å². The van der Waals surface area contributed by atoms with Crippen molar-refractivity contribution >= 4 is 17.6 Å². The number of H-pyrrole nitrogens is 1. The quantitative estimate of drug-likeness (QED) is 0.705. The van der Waals surface area contributed by atoms with Crippen LogP contribution in [0.2, 0.25) is 0 Å². The van der Waals surface area contributed by atoms with E-state index in [-0.39, 0.29) is 16.8 Å². The third-order valence-corrected chi connectivity index (χ3v) is 3.67. The topological polar surface area (TPSA) is 101 Å². The van der Waals surface area contributed by atoms with E-state index in [2.05, 4.69) is 20.0 Å². The van der Waals surface area contributed by atoms with Crippen LogP contribution in [0.4, 0.5) is 5.69 Å². The number of carbonyl (C=O) groups excluding carboxylic acids is 2. The highest BCUT2D eigenvalue weighted by atomic mass is 16.5. The van der Waals surface area contributed by atoms with E-state index >= 15 is 0 Å². The molecular weight excluding hydrogens is 334 g/mol. The van der Waals surface area contributed by atoms with Gasteiger partial charge >= 0.3 is 5.97 Å². The first-order valence-corrected chi connectivity index (χ1v) is 7.73. The minimum atomic E-state index is -0.672. The number of carbonyl (C=O) groups is 2. The molecule has 3 rings (SSSR count). The molecule has 130 valence electrons. The standard InChI is InChI=1S/C19H15N3O4/c1-26-19(25)13-9-5-6-10-15(13)21-17(23)14-11-20-16(22-18(14)24)12-7-3-2-4-8-12/h2-11H,1H3,(H,21,23)(H,20,22,24). The van der Waals surface area contributed by atoms with E-state index in [1.54, 1.807) is 30.3 Å². The van der Waals surface area contributed by atoms with Crippen LogP contribution in [0, 0.1) is 0 Å². The van der Waals surface area contributed by atoms with Crippen LogP contribution in [0.15, 0.2) is 65.6 Å². The van der Waals surface area contributed by atoms with E-state index in [0.29, 0.717) is 5.82 Å². The number of anilines is 1. The first kappa shape index (κ1) is 17.1. The van der Waals surface area contributed by atoms with Crippen molar-refractivity contribution in [2.45, 2.75) is 0 Å². The second-order valence-electron chi connectivity index (χ2n) is 5.33. The van der Waals surface area contributed by atoms with Crippen molar-refractivity contribution < 1.29 is 14.3 Å². The number of esters is 1. The second-order valence-corrected chi connectivity index (χ2v) is 5.33. The molecule has 0 spiro atoms. The molecule has 7 nitrogen and oxygen atoms in total. The van der Waals surface area contributed by atoms with Gasteiger partial charge in [-0.05, 0) is 12.1 Å². The lowest BCUT2D eigenvalue weighted by Gasteiger charge is -2.09. The van der Waals surface area contributed by atoms with Crippen molar-refractivity contribution in [3.63, 3.8) is 0 Å². The third kappa shape index (κ3) is 3.51. The molecule has 3 aromatic rings. The Hall–Kier alpha value is -3.74. The predicted molar refractivity (Wildman–Crippen MR) is 96.0 cm³/mol. The smallest absolute Gasteiger partial charge is 0.339 e. The monoisotopic (exact) mass is 349 g/mol. The summed E-state index contributed by atoms with van der Waals surface area (Å²) in [6, 6.07) is 15.4. The Balaban J connectivity index is 1.88. The summed E-state index contributed by atoms with van der Waals surface area (Å²) >= 11 is 0. The summed E-state index contributed by atoms with van der Waals surface area (Å²) in [5.41, 5.74) is 0.424. The lowest BCUT2D eigenvalue weighted by Crippen LogP contribution is -2.25. The van der Waals surface area contributed by atoms with Gasteiger partial charge in [0.2, 0.25) is 0 Å². The molecule has 2 N–H and O–H groups in total. The van der Waals surface area contributed by atoms with Crippen molar-refractivity contribution in [1.82, 2.24) is 9.97 Å². The second kappa shape index (κ2) is 7.43. The van der Waals surface area contributed by atoms with Gasteiger partial charge in [0, 0.05) is 11.8 Å². The van der Waals surface area contributed by atoms with Crippen LogP contribution in [0.1, 0.15) is 20.7 Å². The number of para-hydroxylation sites is 1. The fourth-order valence-electron chi connectivity index (χ4n) is 2.37. The van der Waals surface area contributed by atoms with Gasteiger partial charge < -0.3 is 15.0 Å². The summed E-state index contributed by atoms with van der Waals surface area (Å²) in [6.07, 6.45) is 1.21. The minimum absolute atomic E-state index is 0.163. The van der Waals surface area contributed by atoms with Crippen molar-refractivity contribution in [2.75, 3.05) is 12.4 Å². The average Bonchev–Trinajstić information content (AvgIpc) is 2.68. The SMILES string of the molecule is COC(=O)c1ccccc1NC(=O)c1cnc(-c2ccccc2)[nH]c1=O. The fourth-order valence-corrected chi connectivity index (χ4v) is 2.37. The highest BCUT2D eigenvalue weighted by molar-refractivity contribution is 6.07. The lowest BCUT2D eigenvalue weighted by molar-refractivity contribution is 0.0602. The zero-order chi connectivity index (χ0) is 18.5. The molecule has 0 aliphatic rings. The molecule has 0 aliphatic heterocycles. The van der Waals surface area contributed by atoms with Gasteiger partial charge in [-0.3, -0.25) is 9.59 Å². The van der Waals surface area contributed by atoms with Crippen LogP contribution in [0.25, 0.3) is 11.4 Å². The number of benzene rings is 2. The van der Waals surface area contributed by atoms with Crippen molar-refractivity contribution in [3.8, 4) is 11.4 Å². The number of amides is 1. The molecule has 0 atom stereocenters. The Morgan fingerprint density at radius 1 is 1.00 bits per heavy atom. The zero-order valence-electron chi connectivity index (χ0n) is 13.9. The number of nitrogens with one attached hydrogen (secondary N) is 2. The molecule has 0 unspecified atom stereocenters. The number of methoxy groups -OCH3 is 1. The predicted octanol–water partition coefficient (Wildman–Crippen LogP) is 2.48. The number of ether oxygens (including phenoxy) is 1. The van der Waals surface area contributed by atoms with Crippen LogP contribution in [0.5, 0.6) is 0 Å². The average molecular weight is 349 g/mol. The van der Waals surface area contributed by atoms with Gasteiger partial charge in [0.05, 0.1) is 18.4 Å². The van der Waals surface area contributed by atoms with Crippen LogP contribution < -0.4 is 10.9 Å². The van der Waals surface area contributed by atoms with Crippen LogP contribution in [-0.4, -0.2) is 29.0 Å². The Bertz CT molecular complexity index is 1010. The Labute approximate surface area is 148 Å². The van der Waals surface area contributed by atoms with Crippen molar-refractivity contribution in [3.05, 3.63) is 82.3 Å². The van der Waals surface area contributed by atoms with Crippen molar-refractivity contribution in [1.29, 1.82) is 0 Å². The molecule has 1 amide bonds. The van der Waals surface area contributed by atoms with E-state index < -0.39 is 17.4 Å². The van der Waals surface area contributed by atoms with E-state index in [1.165, 1.54) is 19.4 Å². The molecular formula is C19H15N3O4. The van der Waals surface area contributed by atoms with Gasteiger partial charge in [-0.2, -0.15) is 0 Å². The number of nitrogens with zero attached hydrogens (tertiary/aromatic N) is 1. The van der Waals surface area contributed by atoms with Gasteiger partial charge in [-0.25, -0.2) is 9.78 Å². The maximum absolute atomic E-state index is 12.4. The molecule has 0 radical (unpaired) electrons. The number of hydrogen-bond acceptors (Lipinski definition) is 5. The summed E-state index contributed by atoms with van der Waals surface area (Å²) in [5.74, 6) is -0.899. The summed E-state index contributed by atoms with van der Waals surface area (Å²) in [7, 11) is 1.25. The molecule has 7 heteroatoms. The first-order chi connectivity index (χ1) is 12.6. The van der Waals surface area contributed by atoms with Gasteiger partial charge in [0.15, 0.2) is 0 Å². The van der Waals surface area contributed by atoms with E-state index in [0.717, 1.165) is 5.56 Å². The summed E-state index contributed by atoms with van der Waals surface area (Å²) in [4.78, 5) is 43.2. The maximum Gasteiger partial charge on any atom is 0.339 e. The summed E-state index contributed by atoms with van der Waals surface area (Å²) < 4.78 is 4.68. The van der Waals surface area contributed by atoms with E-state index in [1.807, 2.05) is 18.2 Å². The van der Waals surface area contributed by atoms with E-state index in [9.17, 15) is 14.4 Å². The summed E-state index contributed by atoms with van der Waals surface area (Å²) in [5, 5.41) is 2.54. The number of hydrogen-bond donors (Lipinski definition) is 2. The van der Waals surface area contributed by atoms with Crippen LogP contribution in [-0.2, 0) is 4.74 Å². The van der Waals surface area contributed by atoms with Crippen molar-refractivity contribution in [2.24, 2.45) is 0 Å². The fraction of sp³-hybridized carbons (Fsp3) is 0.0526. The number of rotatable bonds is 4. The molecule has 0 aliphatic carbocycles. The molecule has 0 saturated heterocycles. The molecule has 1 aromatic heterocycles. The molecule has 0 bridgehead atoms. The largest absolute Gasteiger partial charge is 0.465 e. The van der Waals surface area contributed by atoms with Gasteiger partial charge in [0.1, 0.15) is 11.4 Å². The molecule has 0 saturated carbocycles. The normalized spacial score (nSPS) is 10.2. The molecule has 2 aromatic carbocycles. The van der Waals surface area contributed by atoms with Crippen LogP contribution in [0.3, 0.4) is 0 Å². The maximum atomic E-state index is 12.4. The Morgan fingerprint density at radius 2 is 1.69 bits per heavy atom. The number of aromatic nitrogens is 2. The highest BCUT2D eigenvalue weighted by Gasteiger charge is 2.17. The highest BCUT2D eigenvalue weighted by Crippen LogP contribution is 2.17. The molecule has 1 heterocycles. The van der Waals surface area contributed by atoms with Gasteiger partial charge in [0.25, 0.3) is 11.5 Å².